The largest absolute Gasteiger partial charge is 0.387 e. The average molecular weight is 372 g/mol. The predicted octanol–water partition coefficient (Wildman–Crippen LogP) is 2.58. The summed E-state index contributed by atoms with van der Waals surface area (Å²) < 4.78 is 0. The molecule has 5 nitrogen and oxygen atoms in total. The summed E-state index contributed by atoms with van der Waals surface area (Å²) in [6, 6.07) is 6.89. The van der Waals surface area contributed by atoms with Crippen LogP contribution >= 0.6 is 0 Å². The first-order chi connectivity index (χ1) is 13.1. The highest BCUT2D eigenvalue weighted by molar-refractivity contribution is 5.93. The molecular formula is C22H33N3O2. The zero-order chi connectivity index (χ0) is 18.8. The van der Waals surface area contributed by atoms with Crippen molar-refractivity contribution in [1.82, 2.24) is 9.80 Å². The van der Waals surface area contributed by atoms with E-state index in [0.29, 0.717) is 6.54 Å². The molecule has 0 spiro atoms. The number of rotatable bonds is 4. The first kappa shape index (κ1) is 18.9. The molecule has 27 heavy (non-hydrogen) atoms. The van der Waals surface area contributed by atoms with Gasteiger partial charge in [-0.15, -0.1) is 0 Å². The van der Waals surface area contributed by atoms with Crippen LogP contribution < -0.4 is 4.90 Å². The van der Waals surface area contributed by atoms with Gasteiger partial charge in [0.2, 0.25) is 5.91 Å². The Morgan fingerprint density at radius 2 is 1.85 bits per heavy atom. The number of amides is 1. The number of anilines is 1. The zero-order valence-corrected chi connectivity index (χ0v) is 16.6. The van der Waals surface area contributed by atoms with E-state index in [1.807, 2.05) is 17.0 Å². The van der Waals surface area contributed by atoms with E-state index < -0.39 is 6.10 Å². The lowest BCUT2D eigenvalue weighted by molar-refractivity contribution is -0.116. The van der Waals surface area contributed by atoms with E-state index in [0.717, 1.165) is 56.4 Å². The Morgan fingerprint density at radius 1 is 1.11 bits per heavy atom. The minimum Gasteiger partial charge on any atom is -0.387 e. The number of hydrogen-bond acceptors (Lipinski definition) is 4. The maximum absolute atomic E-state index is 11.7. The Hall–Kier alpha value is -1.43. The second-order valence-corrected chi connectivity index (χ2v) is 8.45. The molecule has 3 aliphatic rings. The van der Waals surface area contributed by atoms with Crippen LogP contribution in [0.1, 0.15) is 56.3 Å². The molecule has 1 unspecified atom stereocenters. The van der Waals surface area contributed by atoms with Crippen LogP contribution in [0.5, 0.6) is 0 Å². The number of nitrogens with zero attached hydrogens (tertiary/aromatic N) is 3. The quantitative estimate of drug-likeness (QED) is 0.884. The number of β-amino-alcohol motifs (C(OH)–C–C–N with tert-alkyl or cyclic N) is 1. The Morgan fingerprint density at radius 3 is 2.56 bits per heavy atom. The van der Waals surface area contributed by atoms with Gasteiger partial charge in [0.25, 0.3) is 0 Å². The molecule has 1 aromatic rings. The highest BCUT2D eigenvalue weighted by atomic mass is 16.3. The van der Waals surface area contributed by atoms with Gasteiger partial charge in [0.05, 0.1) is 6.10 Å². The van der Waals surface area contributed by atoms with Crippen molar-refractivity contribution < 1.29 is 9.90 Å². The monoisotopic (exact) mass is 371 g/mol. The molecule has 1 aromatic carbocycles. The Labute approximate surface area is 162 Å². The molecule has 2 heterocycles. The van der Waals surface area contributed by atoms with Gasteiger partial charge in [-0.2, -0.15) is 0 Å². The number of carbonyl (C=O) groups excluding carboxylic acids is 1. The summed E-state index contributed by atoms with van der Waals surface area (Å²) in [6.45, 7) is 7.45. The Kier molecular flexibility index (Phi) is 5.81. The molecule has 0 aromatic heterocycles. The number of aliphatic hydroxyl groups excluding tert-OH is 1. The van der Waals surface area contributed by atoms with Crippen molar-refractivity contribution in [3.05, 3.63) is 29.3 Å². The second-order valence-electron chi connectivity index (χ2n) is 8.45. The molecule has 1 atom stereocenters. The van der Waals surface area contributed by atoms with Gasteiger partial charge in [0, 0.05) is 57.9 Å². The normalized spacial score (nSPS) is 23.4. The molecule has 1 aliphatic carbocycles. The van der Waals surface area contributed by atoms with Crippen molar-refractivity contribution in [1.29, 1.82) is 0 Å². The van der Waals surface area contributed by atoms with Crippen molar-refractivity contribution in [3.8, 4) is 0 Å². The maximum atomic E-state index is 11.7. The van der Waals surface area contributed by atoms with Crippen LogP contribution in [0.3, 0.4) is 0 Å². The topological polar surface area (TPSA) is 47.0 Å². The summed E-state index contributed by atoms with van der Waals surface area (Å²) >= 11 is 0. The molecule has 148 valence electrons. The predicted molar refractivity (Wildman–Crippen MR) is 108 cm³/mol. The summed E-state index contributed by atoms with van der Waals surface area (Å²) in [5, 5.41) is 10.8. The SMILES string of the molecule is CC(=O)N1CCc2cc(C(O)CN3CCN(C4CCCCC4)CC3)ccc21. The van der Waals surface area contributed by atoms with E-state index in [2.05, 4.69) is 15.9 Å². The number of hydrogen-bond donors (Lipinski definition) is 1. The molecule has 1 saturated carbocycles. The number of aliphatic hydroxyl groups is 1. The number of benzene rings is 1. The summed E-state index contributed by atoms with van der Waals surface area (Å²) in [4.78, 5) is 18.6. The third-order valence-electron chi connectivity index (χ3n) is 6.69. The number of carbonyl (C=O) groups is 1. The van der Waals surface area contributed by atoms with Crippen LogP contribution in [0.15, 0.2) is 18.2 Å². The summed E-state index contributed by atoms with van der Waals surface area (Å²) in [5.74, 6) is 0.0953. The van der Waals surface area contributed by atoms with Crippen molar-refractivity contribution in [2.24, 2.45) is 0 Å². The van der Waals surface area contributed by atoms with Crippen molar-refractivity contribution >= 4 is 11.6 Å². The van der Waals surface area contributed by atoms with Crippen LogP contribution in [-0.4, -0.2) is 66.1 Å². The Balaban J connectivity index is 1.31. The minimum atomic E-state index is -0.456. The van der Waals surface area contributed by atoms with Gasteiger partial charge < -0.3 is 10.0 Å². The molecular weight excluding hydrogens is 338 g/mol. The standard InChI is InChI=1S/C22H33N3O2/c1-17(26)25-10-9-18-15-19(7-8-21(18)25)22(27)16-23-11-13-24(14-12-23)20-5-3-2-4-6-20/h7-8,15,20,22,27H,2-6,9-14,16H2,1H3. The number of fused-ring (bicyclic) bond motifs is 1. The lowest BCUT2D eigenvalue weighted by Crippen LogP contribution is -2.51. The van der Waals surface area contributed by atoms with Gasteiger partial charge in [-0.1, -0.05) is 31.4 Å². The first-order valence-electron chi connectivity index (χ1n) is 10.7. The van der Waals surface area contributed by atoms with Crippen LogP contribution in [0.25, 0.3) is 0 Å². The lowest BCUT2D eigenvalue weighted by Gasteiger charge is -2.41. The summed E-state index contributed by atoms with van der Waals surface area (Å²) in [5.41, 5.74) is 3.18. The maximum Gasteiger partial charge on any atom is 0.223 e. The van der Waals surface area contributed by atoms with Gasteiger partial charge in [-0.05, 0) is 36.5 Å². The van der Waals surface area contributed by atoms with E-state index in [1.165, 1.54) is 37.7 Å². The minimum absolute atomic E-state index is 0.0953. The van der Waals surface area contributed by atoms with Crippen LogP contribution in [0.4, 0.5) is 5.69 Å². The van der Waals surface area contributed by atoms with Crippen molar-refractivity contribution in [2.45, 2.75) is 57.6 Å². The molecule has 5 heteroatoms. The smallest absolute Gasteiger partial charge is 0.223 e. The van der Waals surface area contributed by atoms with Gasteiger partial charge in [-0.3, -0.25) is 14.6 Å². The average Bonchev–Trinajstić information content (AvgIpc) is 3.13. The molecule has 4 rings (SSSR count). The van der Waals surface area contributed by atoms with E-state index >= 15 is 0 Å². The van der Waals surface area contributed by atoms with Gasteiger partial charge in [-0.25, -0.2) is 0 Å². The highest BCUT2D eigenvalue weighted by Gasteiger charge is 2.27. The third-order valence-corrected chi connectivity index (χ3v) is 6.69. The van der Waals surface area contributed by atoms with Crippen LogP contribution in [0, 0.1) is 0 Å². The van der Waals surface area contributed by atoms with Crippen LogP contribution in [-0.2, 0) is 11.2 Å². The van der Waals surface area contributed by atoms with Crippen molar-refractivity contribution in [3.63, 3.8) is 0 Å². The fourth-order valence-corrected chi connectivity index (χ4v) is 5.06. The molecule has 2 aliphatic heterocycles. The molecule has 1 N–H and O–H groups in total. The fourth-order valence-electron chi connectivity index (χ4n) is 5.06. The first-order valence-corrected chi connectivity index (χ1v) is 10.7. The second kappa shape index (κ2) is 8.29. The van der Waals surface area contributed by atoms with E-state index in [9.17, 15) is 9.90 Å². The molecule has 0 bridgehead atoms. The molecule has 1 amide bonds. The lowest BCUT2D eigenvalue weighted by atomic mass is 9.94. The van der Waals surface area contributed by atoms with E-state index in [1.54, 1.807) is 6.92 Å². The van der Waals surface area contributed by atoms with E-state index in [4.69, 9.17) is 0 Å². The molecule has 1 saturated heterocycles. The highest BCUT2D eigenvalue weighted by Crippen LogP contribution is 2.31. The third kappa shape index (κ3) is 4.20. The number of piperazine rings is 1. The van der Waals surface area contributed by atoms with Gasteiger partial charge >= 0.3 is 0 Å². The molecule has 0 radical (unpaired) electrons. The molecule has 2 fully saturated rings. The van der Waals surface area contributed by atoms with Gasteiger partial charge in [0.1, 0.15) is 0 Å². The van der Waals surface area contributed by atoms with Gasteiger partial charge in [0.15, 0.2) is 0 Å². The zero-order valence-electron chi connectivity index (χ0n) is 16.6. The summed E-state index contributed by atoms with van der Waals surface area (Å²) in [6.07, 6.45) is 7.36. The van der Waals surface area contributed by atoms with E-state index in [-0.39, 0.29) is 5.91 Å². The van der Waals surface area contributed by atoms with Crippen molar-refractivity contribution in [2.75, 3.05) is 44.2 Å². The summed E-state index contributed by atoms with van der Waals surface area (Å²) in [7, 11) is 0. The fraction of sp³-hybridized carbons (Fsp3) is 0.682. The van der Waals surface area contributed by atoms with Crippen LogP contribution in [0.2, 0.25) is 0 Å². The Bertz CT molecular complexity index is 664.